The van der Waals surface area contributed by atoms with Gasteiger partial charge >= 0.3 is 0 Å². The lowest BCUT2D eigenvalue weighted by Crippen LogP contribution is -2.09. The molecule has 11 aromatic rings. The monoisotopic (exact) mass is 652 g/mol. The normalized spacial score (nSPS) is 11.9. The summed E-state index contributed by atoms with van der Waals surface area (Å²) in [5.74, 6) is 0. The minimum absolute atomic E-state index is 0.849. The van der Waals surface area contributed by atoms with Crippen LogP contribution in [0.3, 0.4) is 0 Å². The minimum Gasteiger partial charge on any atom is -0.456 e. The maximum atomic E-state index is 6.54. The third-order valence-electron chi connectivity index (χ3n) is 10.3. The minimum atomic E-state index is 0.849. The van der Waals surface area contributed by atoms with E-state index < -0.39 is 0 Å². The number of hydrogen-bond donors (Lipinski definition) is 0. The number of rotatable bonds is 4. The van der Waals surface area contributed by atoms with E-state index in [1.807, 2.05) is 18.5 Å². The number of pyridine rings is 1. The summed E-state index contributed by atoms with van der Waals surface area (Å²) in [5.41, 5.74) is 8.79. The zero-order valence-electron chi connectivity index (χ0n) is 27.4. The molecule has 0 saturated heterocycles. The van der Waals surface area contributed by atoms with Crippen LogP contribution in [0.5, 0.6) is 0 Å². The van der Waals surface area contributed by atoms with E-state index in [1.165, 1.54) is 26.9 Å². The van der Waals surface area contributed by atoms with E-state index >= 15 is 0 Å². The van der Waals surface area contributed by atoms with Crippen molar-refractivity contribution < 1.29 is 8.83 Å². The van der Waals surface area contributed by atoms with Gasteiger partial charge in [0.05, 0.1) is 0 Å². The molecule has 0 amide bonds. The maximum Gasteiger partial charge on any atom is 0.137 e. The van der Waals surface area contributed by atoms with Crippen LogP contribution in [0.2, 0.25) is 0 Å². The third kappa shape index (κ3) is 4.37. The maximum absolute atomic E-state index is 6.54. The molecule has 4 heteroatoms. The fourth-order valence-corrected chi connectivity index (χ4v) is 7.86. The standard InChI is InChI=1S/C47H28N2O2/c1-3-7-38-31(5-1)13-21-42-46(38)40-19-17-36(26-44(40)50-42)49(35-15-11-29(12-16-35)33-10-9-30-23-24-48-28-34(30)25-33)37-18-20-41-45(27-37)51-43-22-14-32-6-2-4-8-39(32)47(41)43/h1-28H. The van der Waals surface area contributed by atoms with Crippen molar-refractivity contribution in [2.75, 3.05) is 4.90 Å². The van der Waals surface area contributed by atoms with Crippen LogP contribution in [0.1, 0.15) is 0 Å². The van der Waals surface area contributed by atoms with Crippen LogP contribution in [-0.4, -0.2) is 4.98 Å². The average Bonchev–Trinajstić information content (AvgIpc) is 3.76. The molecule has 0 bridgehead atoms. The van der Waals surface area contributed by atoms with Gasteiger partial charge < -0.3 is 13.7 Å². The topological polar surface area (TPSA) is 42.4 Å². The lowest BCUT2D eigenvalue weighted by Gasteiger charge is -2.25. The summed E-state index contributed by atoms with van der Waals surface area (Å²) in [6.07, 6.45) is 3.75. The van der Waals surface area contributed by atoms with Gasteiger partial charge in [0.1, 0.15) is 22.3 Å². The number of anilines is 3. The fraction of sp³-hybridized carbons (Fsp3) is 0. The Labute approximate surface area is 292 Å². The van der Waals surface area contributed by atoms with E-state index in [1.54, 1.807) is 0 Å². The van der Waals surface area contributed by atoms with E-state index in [9.17, 15) is 0 Å². The van der Waals surface area contributed by atoms with E-state index in [2.05, 4.69) is 162 Å². The average molecular weight is 653 g/mol. The Morgan fingerprint density at radius 2 is 0.922 bits per heavy atom. The number of benzene rings is 8. The number of nitrogens with zero attached hydrogens (tertiary/aromatic N) is 2. The van der Waals surface area contributed by atoms with Crippen LogP contribution in [0.15, 0.2) is 179 Å². The Balaban J connectivity index is 1.09. The molecular weight excluding hydrogens is 625 g/mol. The zero-order valence-corrected chi connectivity index (χ0v) is 27.4. The number of fused-ring (bicyclic) bond motifs is 11. The van der Waals surface area contributed by atoms with Gasteiger partial charge in [-0.15, -0.1) is 0 Å². The first-order chi connectivity index (χ1) is 25.2. The van der Waals surface area contributed by atoms with E-state index in [0.717, 1.165) is 77.5 Å². The molecule has 8 aromatic carbocycles. The molecule has 0 radical (unpaired) electrons. The molecule has 238 valence electrons. The molecule has 4 nitrogen and oxygen atoms in total. The first kappa shape index (κ1) is 28.0. The summed E-state index contributed by atoms with van der Waals surface area (Å²) in [5, 5.41) is 11.6. The molecular formula is C47H28N2O2. The van der Waals surface area contributed by atoms with Crippen molar-refractivity contribution in [3.8, 4) is 11.1 Å². The number of furan rings is 2. The highest BCUT2D eigenvalue weighted by molar-refractivity contribution is 6.20. The van der Waals surface area contributed by atoms with Crippen LogP contribution in [0, 0.1) is 0 Å². The molecule has 11 rings (SSSR count). The van der Waals surface area contributed by atoms with E-state index in [0.29, 0.717) is 0 Å². The van der Waals surface area contributed by atoms with Crippen molar-refractivity contribution in [1.82, 2.24) is 4.98 Å². The van der Waals surface area contributed by atoms with Gasteiger partial charge in [0.25, 0.3) is 0 Å². The number of hydrogen-bond acceptors (Lipinski definition) is 4. The molecule has 0 atom stereocenters. The van der Waals surface area contributed by atoms with Gasteiger partial charge in [-0.05, 0) is 98.7 Å². The third-order valence-corrected chi connectivity index (χ3v) is 10.3. The van der Waals surface area contributed by atoms with Crippen molar-refractivity contribution in [2.24, 2.45) is 0 Å². The molecule has 0 aliphatic rings. The summed E-state index contributed by atoms with van der Waals surface area (Å²) >= 11 is 0. The molecule has 0 aliphatic heterocycles. The lowest BCUT2D eigenvalue weighted by atomic mass is 10.0. The highest BCUT2D eigenvalue weighted by Crippen LogP contribution is 2.43. The predicted octanol–water partition coefficient (Wildman–Crippen LogP) is 13.5. The first-order valence-corrected chi connectivity index (χ1v) is 17.2. The second-order valence-electron chi connectivity index (χ2n) is 13.2. The molecule has 3 heterocycles. The van der Waals surface area contributed by atoms with Crippen molar-refractivity contribution >= 4 is 93.3 Å². The van der Waals surface area contributed by atoms with Crippen molar-refractivity contribution in [2.45, 2.75) is 0 Å². The summed E-state index contributed by atoms with van der Waals surface area (Å²) in [6, 6.07) is 55.8. The fourth-order valence-electron chi connectivity index (χ4n) is 7.86. The smallest absolute Gasteiger partial charge is 0.137 e. The van der Waals surface area contributed by atoms with Gasteiger partial charge in [0, 0.05) is 68.5 Å². The molecule has 0 spiro atoms. The van der Waals surface area contributed by atoms with Gasteiger partial charge in [0.2, 0.25) is 0 Å². The second kappa shape index (κ2) is 10.8. The Bertz CT molecular complexity index is 3000. The molecule has 0 aliphatic carbocycles. The number of aromatic nitrogens is 1. The van der Waals surface area contributed by atoms with Gasteiger partial charge in [-0.2, -0.15) is 0 Å². The van der Waals surface area contributed by atoms with Gasteiger partial charge in [0.15, 0.2) is 0 Å². The van der Waals surface area contributed by atoms with Gasteiger partial charge in [-0.1, -0.05) is 84.9 Å². The van der Waals surface area contributed by atoms with Gasteiger partial charge in [-0.3, -0.25) is 4.98 Å². The molecule has 0 unspecified atom stereocenters. The predicted molar refractivity (Wildman–Crippen MR) is 211 cm³/mol. The Morgan fingerprint density at radius 1 is 0.373 bits per heavy atom. The zero-order chi connectivity index (χ0) is 33.5. The molecule has 0 fully saturated rings. The van der Waals surface area contributed by atoms with Crippen LogP contribution in [-0.2, 0) is 0 Å². The Hall–Kier alpha value is -6.91. The van der Waals surface area contributed by atoms with Crippen LogP contribution >= 0.6 is 0 Å². The van der Waals surface area contributed by atoms with Crippen molar-refractivity contribution in [1.29, 1.82) is 0 Å². The molecule has 3 aromatic heterocycles. The summed E-state index contributed by atoms with van der Waals surface area (Å²) in [6.45, 7) is 0. The highest BCUT2D eigenvalue weighted by Gasteiger charge is 2.19. The SMILES string of the molecule is c1ccc2c(c1)ccc1oc3cc(N(c4ccc(-c5ccc6ccncc6c5)cc4)c4ccc5c(c4)oc4ccc6ccccc6c45)ccc3c12. The largest absolute Gasteiger partial charge is 0.456 e. The molecule has 0 saturated carbocycles. The Morgan fingerprint density at radius 3 is 1.55 bits per heavy atom. The van der Waals surface area contributed by atoms with E-state index in [-0.39, 0.29) is 0 Å². The van der Waals surface area contributed by atoms with Crippen molar-refractivity contribution in [3.63, 3.8) is 0 Å². The summed E-state index contributed by atoms with van der Waals surface area (Å²) < 4.78 is 13.1. The van der Waals surface area contributed by atoms with E-state index in [4.69, 9.17) is 8.83 Å². The second-order valence-corrected chi connectivity index (χ2v) is 13.2. The van der Waals surface area contributed by atoms with Crippen molar-refractivity contribution in [3.05, 3.63) is 170 Å². The van der Waals surface area contributed by atoms with Gasteiger partial charge in [-0.25, -0.2) is 0 Å². The first-order valence-electron chi connectivity index (χ1n) is 17.2. The highest BCUT2D eigenvalue weighted by atomic mass is 16.3. The molecule has 0 N–H and O–H groups in total. The van der Waals surface area contributed by atoms with Crippen LogP contribution < -0.4 is 4.90 Å². The van der Waals surface area contributed by atoms with Crippen LogP contribution in [0.4, 0.5) is 17.1 Å². The quantitative estimate of drug-likeness (QED) is 0.190. The molecule has 51 heavy (non-hydrogen) atoms. The Kier molecular flexibility index (Phi) is 5.92. The summed E-state index contributed by atoms with van der Waals surface area (Å²) in [7, 11) is 0. The lowest BCUT2D eigenvalue weighted by molar-refractivity contribution is 0.669. The summed E-state index contributed by atoms with van der Waals surface area (Å²) in [4.78, 5) is 6.61. The van der Waals surface area contributed by atoms with Crippen LogP contribution in [0.25, 0.3) is 87.3 Å².